The molecule has 0 unspecified atom stereocenters. The number of fused-ring (bicyclic) bond motifs is 8. The number of allylic oxidation sites excluding steroid dienone is 2. The minimum atomic E-state index is -0.505. The van der Waals surface area contributed by atoms with Gasteiger partial charge in [-0.15, -0.1) is 45.3 Å². The Hall–Kier alpha value is -5.08. The van der Waals surface area contributed by atoms with Gasteiger partial charge in [0, 0.05) is 20.9 Å². The fourth-order valence-corrected chi connectivity index (χ4v) is 12.3. The van der Waals surface area contributed by atoms with Gasteiger partial charge in [-0.3, -0.25) is 0 Å². The molecule has 2 fully saturated rings. The van der Waals surface area contributed by atoms with Gasteiger partial charge in [-0.1, -0.05) is 12.8 Å². The molecule has 12 heteroatoms. The number of thiophene rings is 2. The highest BCUT2D eigenvalue weighted by Crippen LogP contribution is 2.60. The summed E-state index contributed by atoms with van der Waals surface area (Å²) in [6.45, 7) is 7.27. The molecule has 1 aromatic carbocycles. The van der Waals surface area contributed by atoms with E-state index in [0.717, 1.165) is 125 Å². The lowest BCUT2D eigenvalue weighted by molar-refractivity contribution is 0.0164. The van der Waals surface area contributed by atoms with Crippen LogP contribution in [0.25, 0.3) is 57.6 Å². The molecule has 0 N–H and O–H groups in total. The van der Waals surface area contributed by atoms with E-state index in [4.69, 9.17) is 26.0 Å². The van der Waals surface area contributed by atoms with Crippen LogP contribution in [0.1, 0.15) is 85.4 Å². The smallest absolute Gasteiger partial charge is 0.263 e. The van der Waals surface area contributed by atoms with Gasteiger partial charge >= 0.3 is 0 Å². The van der Waals surface area contributed by atoms with E-state index < -0.39 is 11.2 Å². The van der Waals surface area contributed by atoms with Crippen molar-refractivity contribution in [3.05, 3.63) is 80.2 Å². The second-order valence-electron chi connectivity index (χ2n) is 13.5. The minimum Gasteiger partial charge on any atom is -0.480 e. The summed E-state index contributed by atoms with van der Waals surface area (Å²) in [5.74, 6) is 1.70. The number of thiazole rings is 2. The van der Waals surface area contributed by atoms with Gasteiger partial charge in [-0.25, -0.2) is 20.1 Å². The molecule has 4 aromatic heterocycles. The van der Waals surface area contributed by atoms with Crippen molar-refractivity contribution in [3.8, 4) is 70.4 Å². The van der Waals surface area contributed by atoms with Gasteiger partial charge in [0.1, 0.15) is 50.6 Å². The maximum absolute atomic E-state index is 9.29. The molecule has 52 heavy (non-hydrogen) atoms. The molecule has 0 bridgehead atoms. The second kappa shape index (κ2) is 12.8. The highest BCUT2D eigenvalue weighted by molar-refractivity contribution is 7.24. The number of nitrogens with zero attached hydrogens (tertiary/aromatic N) is 6. The van der Waals surface area contributed by atoms with Gasteiger partial charge in [0.05, 0.1) is 32.1 Å². The van der Waals surface area contributed by atoms with Crippen LogP contribution in [-0.4, -0.2) is 9.97 Å². The zero-order valence-corrected chi connectivity index (χ0v) is 31.1. The van der Waals surface area contributed by atoms with Gasteiger partial charge in [-0.05, 0) is 99.9 Å². The summed E-state index contributed by atoms with van der Waals surface area (Å²) in [4.78, 5) is 19.9. The highest BCUT2D eigenvalue weighted by Gasteiger charge is 2.48. The van der Waals surface area contributed by atoms with Crippen molar-refractivity contribution in [1.82, 2.24) is 9.97 Å². The Kier molecular flexibility index (Phi) is 8.11. The number of ether oxygens (including phenoxy) is 2. The highest BCUT2D eigenvalue weighted by atomic mass is 32.1. The zero-order valence-electron chi connectivity index (χ0n) is 27.8. The summed E-state index contributed by atoms with van der Waals surface area (Å²) < 4.78 is 14.3. The van der Waals surface area contributed by atoms with E-state index >= 15 is 0 Å². The molecule has 2 spiro atoms. The first-order chi connectivity index (χ1) is 25.4. The molecular weight excluding hydrogens is 725 g/mol. The molecule has 5 aromatic rings. The first-order valence-corrected chi connectivity index (χ1v) is 20.5. The second-order valence-corrected chi connectivity index (χ2v) is 17.7. The largest absolute Gasteiger partial charge is 0.480 e. The Balaban J connectivity index is 1.17. The standard InChI is InChI=1S/C40H28N6O2S4/c1-44-24(22-43)17-26-9-11-32(50-26)38-46-36-34(52-38)28-19-29-27(18-30(28)48-40(36)14-6-3-7-15-40)33-35(39(47-29)12-4-2-5-13-39)45-37(51-33)31-10-8-25(49-31)16-23(20-41)21-42/h8-11,16-19H,2-7,12-15H2/b24-17+. The molecule has 0 saturated heterocycles. The van der Waals surface area contributed by atoms with Crippen LogP contribution in [0.15, 0.2) is 47.7 Å². The van der Waals surface area contributed by atoms with Gasteiger partial charge in [0.25, 0.3) is 5.70 Å². The van der Waals surface area contributed by atoms with Crippen molar-refractivity contribution < 1.29 is 9.47 Å². The lowest BCUT2D eigenvalue weighted by atomic mass is 9.78. The van der Waals surface area contributed by atoms with Crippen LogP contribution in [0.5, 0.6) is 11.5 Å². The van der Waals surface area contributed by atoms with Crippen molar-refractivity contribution in [2.24, 2.45) is 0 Å². The van der Waals surface area contributed by atoms with Crippen LogP contribution in [-0.2, 0) is 11.2 Å². The molecule has 2 aliphatic carbocycles. The third-order valence-corrected chi connectivity index (χ3v) is 14.9. The third kappa shape index (κ3) is 5.38. The van der Waals surface area contributed by atoms with Crippen LogP contribution in [0.2, 0.25) is 0 Å². The molecule has 254 valence electrons. The Morgan fingerprint density at radius 3 is 1.60 bits per heavy atom. The van der Waals surface area contributed by atoms with E-state index in [1.165, 1.54) is 35.5 Å². The van der Waals surface area contributed by atoms with Crippen LogP contribution >= 0.6 is 45.3 Å². The van der Waals surface area contributed by atoms with Gasteiger partial charge in [0.15, 0.2) is 11.2 Å². The van der Waals surface area contributed by atoms with Crippen LogP contribution in [0, 0.1) is 40.6 Å². The average Bonchev–Trinajstić information content (AvgIpc) is 4.00. The summed E-state index contributed by atoms with van der Waals surface area (Å²) in [6.07, 6.45) is 13.5. The Labute approximate surface area is 317 Å². The third-order valence-electron chi connectivity index (χ3n) is 10.3. The molecule has 9 rings (SSSR count). The molecule has 8 nitrogen and oxygen atoms in total. The molecule has 0 radical (unpaired) electrons. The normalized spacial score (nSPS) is 17.5. The maximum atomic E-state index is 9.29. The fourth-order valence-electron chi connectivity index (χ4n) is 7.91. The van der Waals surface area contributed by atoms with E-state index in [-0.39, 0.29) is 11.3 Å². The predicted molar refractivity (Wildman–Crippen MR) is 205 cm³/mol. The summed E-state index contributed by atoms with van der Waals surface area (Å²) in [5.41, 5.74) is 3.15. The Morgan fingerprint density at radius 1 is 0.673 bits per heavy atom. The zero-order chi connectivity index (χ0) is 35.5. The van der Waals surface area contributed by atoms with Crippen molar-refractivity contribution in [3.63, 3.8) is 0 Å². The lowest BCUT2D eigenvalue weighted by Gasteiger charge is -2.43. The summed E-state index contributed by atoms with van der Waals surface area (Å²) >= 11 is 6.43. The van der Waals surface area contributed by atoms with Gasteiger partial charge < -0.3 is 9.47 Å². The first kappa shape index (κ1) is 32.8. The van der Waals surface area contributed by atoms with E-state index in [0.29, 0.717) is 0 Å². The minimum absolute atomic E-state index is 0.0640. The van der Waals surface area contributed by atoms with Crippen molar-refractivity contribution in [2.75, 3.05) is 0 Å². The van der Waals surface area contributed by atoms with Gasteiger partial charge in [-0.2, -0.15) is 10.5 Å². The maximum Gasteiger partial charge on any atom is 0.263 e. The van der Waals surface area contributed by atoms with Crippen molar-refractivity contribution in [1.29, 1.82) is 15.8 Å². The number of hydrogen-bond acceptors (Lipinski definition) is 11. The number of aromatic nitrogens is 2. The SMILES string of the molecule is [C-]#[N+]/C(C#N)=C/c1ccc(-c2nc3c(s2)-c2cc4c(cc2OC32CCCCC2)-c2sc(-c3ccc(C=C(C#N)C#N)s3)nc2C2(CCCCC2)O4)s1. The van der Waals surface area contributed by atoms with Crippen LogP contribution in [0.3, 0.4) is 0 Å². The van der Waals surface area contributed by atoms with Crippen molar-refractivity contribution in [2.45, 2.75) is 75.4 Å². The van der Waals surface area contributed by atoms with Crippen LogP contribution < -0.4 is 9.47 Å². The van der Waals surface area contributed by atoms with E-state index in [9.17, 15) is 15.8 Å². The lowest BCUT2D eigenvalue weighted by Crippen LogP contribution is -2.39. The van der Waals surface area contributed by atoms with Crippen molar-refractivity contribution >= 4 is 57.5 Å². The molecule has 2 aliphatic heterocycles. The Morgan fingerprint density at radius 2 is 1.15 bits per heavy atom. The van der Waals surface area contributed by atoms with Crippen LogP contribution in [0.4, 0.5) is 0 Å². The summed E-state index contributed by atoms with van der Waals surface area (Å²) in [7, 11) is 0. The predicted octanol–water partition coefficient (Wildman–Crippen LogP) is 11.7. The number of hydrogen-bond donors (Lipinski definition) is 0. The molecule has 4 aliphatic rings. The monoisotopic (exact) mass is 752 g/mol. The molecule has 0 atom stereocenters. The molecule has 6 heterocycles. The number of rotatable bonds is 4. The van der Waals surface area contributed by atoms with E-state index in [1.54, 1.807) is 34.8 Å². The molecule has 2 saturated carbocycles. The fraction of sp³-hybridized carbons (Fsp3) is 0.300. The van der Waals surface area contributed by atoms with Gasteiger partial charge in [0.2, 0.25) is 0 Å². The van der Waals surface area contributed by atoms with E-state index in [1.807, 2.05) is 42.5 Å². The Bertz CT molecular complexity index is 2300. The average molecular weight is 753 g/mol. The van der Waals surface area contributed by atoms with E-state index in [2.05, 4.69) is 17.0 Å². The quantitative estimate of drug-likeness (QED) is 0.132. The number of benzene rings is 1. The summed E-state index contributed by atoms with van der Waals surface area (Å²) in [6, 6.07) is 18.2. The first-order valence-electron chi connectivity index (χ1n) is 17.3. The molecular formula is C40H28N6O2S4. The summed E-state index contributed by atoms with van der Waals surface area (Å²) in [5, 5.41) is 29.7. The number of nitriles is 3. The molecule has 0 amide bonds. The topological polar surface area (TPSA) is 120 Å².